The summed E-state index contributed by atoms with van der Waals surface area (Å²) in [6, 6.07) is 11.0. The monoisotopic (exact) mass is 572 g/mol. The molecule has 2 aromatic rings. The third-order valence-corrected chi connectivity index (χ3v) is 7.62. The molecule has 1 saturated heterocycles. The Kier molecular flexibility index (Phi) is 10.3. The Bertz CT molecular complexity index is 1210. The molecule has 1 fully saturated rings. The van der Waals surface area contributed by atoms with E-state index >= 15 is 0 Å². The molecule has 5 N–H and O–H groups in total. The Morgan fingerprint density at radius 3 is 2.60 bits per heavy atom. The standard InChI is InChI=1S/C28H36N4O7S/c1-16(2)12-21(26(35)31-19-10-11-38-28(19)37-3)32-27(36)22(14-33)30-25(34)15-39-17-8-9-24-20(13-17)29-18-6-4-5-7-23(18)40-24/h4-9,13,16,19,21-22,28-29,33H,10-12,14-15H2,1-3H3,(H,30,34)(H,31,35)(H,32,36)/t19-,21-,22-,28?/m0/s1. The zero-order valence-corrected chi connectivity index (χ0v) is 23.6. The Morgan fingerprint density at radius 2 is 1.85 bits per heavy atom. The summed E-state index contributed by atoms with van der Waals surface area (Å²) in [4.78, 5) is 40.7. The van der Waals surface area contributed by atoms with Crippen LogP contribution >= 0.6 is 11.8 Å². The van der Waals surface area contributed by atoms with Crippen LogP contribution in [0.1, 0.15) is 26.7 Å². The van der Waals surface area contributed by atoms with Gasteiger partial charge >= 0.3 is 0 Å². The molecule has 4 rings (SSSR count). The summed E-state index contributed by atoms with van der Waals surface area (Å²) in [6.45, 7) is 3.32. The molecule has 0 saturated carbocycles. The number of aliphatic hydroxyl groups excluding tert-OH is 1. The number of amides is 3. The van der Waals surface area contributed by atoms with Gasteiger partial charge < -0.3 is 40.6 Å². The maximum absolute atomic E-state index is 13.0. The largest absolute Gasteiger partial charge is 0.484 e. The minimum Gasteiger partial charge on any atom is -0.484 e. The highest BCUT2D eigenvalue weighted by Gasteiger charge is 2.33. The smallest absolute Gasteiger partial charge is 0.258 e. The number of fused-ring (bicyclic) bond motifs is 2. The minimum atomic E-state index is -1.25. The van der Waals surface area contributed by atoms with Crippen molar-refractivity contribution in [3.05, 3.63) is 42.5 Å². The normalized spacial score (nSPS) is 19.0. The van der Waals surface area contributed by atoms with Crippen LogP contribution in [-0.4, -0.2) is 74.2 Å². The van der Waals surface area contributed by atoms with Gasteiger partial charge in [0.15, 0.2) is 12.9 Å². The average Bonchev–Trinajstić information content (AvgIpc) is 3.39. The molecule has 1 unspecified atom stereocenters. The molecule has 0 aromatic heterocycles. The van der Waals surface area contributed by atoms with Crippen molar-refractivity contribution < 1.29 is 33.7 Å². The van der Waals surface area contributed by atoms with Crippen LogP contribution in [-0.2, 0) is 23.9 Å². The molecule has 2 aliphatic rings. The van der Waals surface area contributed by atoms with Crippen LogP contribution in [0.15, 0.2) is 52.3 Å². The Labute approximate surface area is 237 Å². The molecule has 11 nitrogen and oxygen atoms in total. The molecule has 12 heteroatoms. The number of nitrogens with one attached hydrogen (secondary N) is 4. The van der Waals surface area contributed by atoms with E-state index in [1.54, 1.807) is 23.9 Å². The van der Waals surface area contributed by atoms with E-state index in [1.807, 2.05) is 44.2 Å². The van der Waals surface area contributed by atoms with Crippen LogP contribution in [0.25, 0.3) is 0 Å². The highest BCUT2D eigenvalue weighted by molar-refractivity contribution is 7.99. The van der Waals surface area contributed by atoms with E-state index in [0.717, 1.165) is 21.2 Å². The molecule has 216 valence electrons. The van der Waals surface area contributed by atoms with Crippen LogP contribution in [0.3, 0.4) is 0 Å². The average molecular weight is 573 g/mol. The summed E-state index contributed by atoms with van der Waals surface area (Å²) >= 11 is 1.64. The van der Waals surface area contributed by atoms with Gasteiger partial charge in [-0.25, -0.2) is 0 Å². The van der Waals surface area contributed by atoms with Crippen molar-refractivity contribution in [2.45, 2.75) is 60.9 Å². The van der Waals surface area contributed by atoms with E-state index in [0.29, 0.717) is 25.2 Å². The summed E-state index contributed by atoms with van der Waals surface area (Å²) in [5.41, 5.74) is 1.86. The lowest BCUT2D eigenvalue weighted by Crippen LogP contribution is -2.57. The molecule has 2 aliphatic heterocycles. The number of rotatable bonds is 12. The predicted molar refractivity (Wildman–Crippen MR) is 149 cm³/mol. The maximum atomic E-state index is 13.0. The van der Waals surface area contributed by atoms with Gasteiger partial charge in [-0.3, -0.25) is 14.4 Å². The SMILES string of the molecule is COC1OCC[C@@H]1NC(=O)[C@H](CC(C)C)NC(=O)[C@H](CO)NC(=O)COc1ccc2c(c1)Nc1ccccc1S2. The van der Waals surface area contributed by atoms with Crippen LogP contribution in [0.4, 0.5) is 11.4 Å². The third-order valence-electron chi connectivity index (χ3n) is 6.47. The maximum Gasteiger partial charge on any atom is 0.258 e. The fourth-order valence-corrected chi connectivity index (χ4v) is 5.45. The van der Waals surface area contributed by atoms with E-state index in [4.69, 9.17) is 14.2 Å². The number of hydrogen-bond donors (Lipinski definition) is 5. The number of methoxy groups -OCH3 is 1. The fourth-order valence-electron chi connectivity index (χ4n) is 4.48. The first kappa shape index (κ1) is 29.7. The summed E-state index contributed by atoms with van der Waals surface area (Å²) in [5.74, 6) is -1.06. The van der Waals surface area contributed by atoms with Crippen LogP contribution in [0, 0.1) is 5.92 Å². The predicted octanol–water partition coefficient (Wildman–Crippen LogP) is 2.16. The third kappa shape index (κ3) is 7.66. The lowest BCUT2D eigenvalue weighted by atomic mass is 10.0. The Morgan fingerprint density at radius 1 is 1.07 bits per heavy atom. The van der Waals surface area contributed by atoms with Crippen molar-refractivity contribution in [2.75, 3.05) is 32.2 Å². The number of benzene rings is 2. The van der Waals surface area contributed by atoms with Gasteiger partial charge in [0, 0.05) is 23.0 Å². The van der Waals surface area contributed by atoms with Crippen LogP contribution in [0.2, 0.25) is 0 Å². The summed E-state index contributed by atoms with van der Waals surface area (Å²) in [6.07, 6.45) is 0.408. The van der Waals surface area contributed by atoms with Crippen molar-refractivity contribution in [1.29, 1.82) is 0 Å². The van der Waals surface area contributed by atoms with Gasteiger partial charge in [-0.15, -0.1) is 0 Å². The van der Waals surface area contributed by atoms with Gasteiger partial charge in [0.25, 0.3) is 5.91 Å². The lowest BCUT2D eigenvalue weighted by molar-refractivity contribution is -0.135. The van der Waals surface area contributed by atoms with Gasteiger partial charge in [-0.1, -0.05) is 37.7 Å². The number of para-hydroxylation sites is 1. The van der Waals surface area contributed by atoms with Gasteiger partial charge in [0.05, 0.1) is 30.6 Å². The van der Waals surface area contributed by atoms with Gasteiger partial charge in [-0.2, -0.15) is 0 Å². The molecule has 3 amide bonds. The molecule has 0 bridgehead atoms. The molecule has 2 heterocycles. The van der Waals surface area contributed by atoms with Gasteiger partial charge in [0.2, 0.25) is 11.8 Å². The van der Waals surface area contributed by atoms with E-state index in [-0.39, 0.29) is 24.5 Å². The minimum absolute atomic E-state index is 0.0997. The fraction of sp³-hybridized carbons (Fsp3) is 0.464. The summed E-state index contributed by atoms with van der Waals surface area (Å²) in [7, 11) is 1.50. The molecular formula is C28H36N4O7S. The summed E-state index contributed by atoms with van der Waals surface area (Å²) in [5, 5.41) is 21.2. The van der Waals surface area contributed by atoms with E-state index < -0.39 is 36.8 Å². The highest BCUT2D eigenvalue weighted by Crippen LogP contribution is 2.44. The molecule has 4 atom stereocenters. The quantitative estimate of drug-likeness (QED) is 0.220. The molecule has 0 radical (unpaired) electrons. The van der Waals surface area contributed by atoms with Crippen molar-refractivity contribution >= 4 is 40.9 Å². The van der Waals surface area contributed by atoms with Crippen molar-refractivity contribution in [1.82, 2.24) is 16.0 Å². The first-order valence-corrected chi connectivity index (χ1v) is 14.0. The number of carbonyl (C=O) groups excluding carboxylic acids is 3. The topological polar surface area (TPSA) is 147 Å². The number of anilines is 2. The van der Waals surface area contributed by atoms with E-state index in [2.05, 4.69) is 21.3 Å². The van der Waals surface area contributed by atoms with Crippen molar-refractivity contribution in [3.8, 4) is 5.75 Å². The number of ether oxygens (including phenoxy) is 3. The highest BCUT2D eigenvalue weighted by atomic mass is 32.2. The number of aliphatic hydroxyl groups is 1. The van der Waals surface area contributed by atoms with Crippen molar-refractivity contribution in [2.24, 2.45) is 5.92 Å². The summed E-state index contributed by atoms with van der Waals surface area (Å²) < 4.78 is 16.3. The van der Waals surface area contributed by atoms with Crippen LogP contribution < -0.4 is 26.0 Å². The second-order valence-corrected chi connectivity index (χ2v) is 11.1. The Balaban J connectivity index is 1.30. The van der Waals surface area contributed by atoms with Gasteiger partial charge in [-0.05, 0) is 43.0 Å². The molecule has 0 aliphatic carbocycles. The first-order chi connectivity index (χ1) is 19.3. The Hall–Kier alpha value is -3.32. The molecule has 0 spiro atoms. The van der Waals surface area contributed by atoms with E-state index in [1.165, 1.54) is 7.11 Å². The van der Waals surface area contributed by atoms with E-state index in [9.17, 15) is 19.5 Å². The van der Waals surface area contributed by atoms with Crippen molar-refractivity contribution in [3.63, 3.8) is 0 Å². The zero-order valence-electron chi connectivity index (χ0n) is 22.8. The van der Waals surface area contributed by atoms with Gasteiger partial charge in [0.1, 0.15) is 17.8 Å². The number of hydrogen-bond acceptors (Lipinski definition) is 9. The molecule has 2 aromatic carbocycles. The molecule has 40 heavy (non-hydrogen) atoms. The second kappa shape index (κ2) is 13.8. The zero-order chi connectivity index (χ0) is 28.6. The van der Waals surface area contributed by atoms with Crippen LogP contribution in [0.5, 0.6) is 5.75 Å². The molecular weight excluding hydrogens is 536 g/mol. The first-order valence-electron chi connectivity index (χ1n) is 13.2. The lowest BCUT2D eigenvalue weighted by Gasteiger charge is -2.26. The second-order valence-electron chi connectivity index (χ2n) is 10.0. The number of carbonyl (C=O) groups is 3.